The zero-order chi connectivity index (χ0) is 13.1. The molecule has 0 saturated heterocycles. The Morgan fingerprint density at radius 1 is 1.50 bits per heavy atom. The van der Waals surface area contributed by atoms with E-state index in [1.54, 1.807) is 19.1 Å². The van der Waals surface area contributed by atoms with Crippen molar-refractivity contribution in [2.45, 2.75) is 31.0 Å². The van der Waals surface area contributed by atoms with E-state index >= 15 is 0 Å². The van der Waals surface area contributed by atoms with E-state index in [9.17, 15) is 9.18 Å². The summed E-state index contributed by atoms with van der Waals surface area (Å²) in [6, 6.07) is 4.59. The average molecular weight is 314 g/mol. The lowest BCUT2D eigenvalue weighted by Gasteiger charge is -2.14. The molecule has 0 aliphatic heterocycles. The van der Waals surface area contributed by atoms with Crippen molar-refractivity contribution in [3.8, 4) is 0 Å². The molecule has 1 fully saturated rings. The monoisotopic (exact) mass is 313 g/mol. The van der Waals surface area contributed by atoms with Gasteiger partial charge in [-0.3, -0.25) is 4.79 Å². The van der Waals surface area contributed by atoms with Crippen LogP contribution in [0.15, 0.2) is 18.2 Å². The van der Waals surface area contributed by atoms with Crippen molar-refractivity contribution in [3.05, 3.63) is 35.1 Å². The van der Waals surface area contributed by atoms with E-state index in [-0.39, 0.29) is 11.7 Å². The summed E-state index contributed by atoms with van der Waals surface area (Å²) in [6.07, 6.45) is 3.51. The minimum atomic E-state index is -0.332. The van der Waals surface area contributed by atoms with Gasteiger partial charge < -0.3 is 5.32 Å². The van der Waals surface area contributed by atoms with Crippen molar-refractivity contribution in [1.82, 2.24) is 5.32 Å². The van der Waals surface area contributed by atoms with E-state index in [1.807, 2.05) is 0 Å². The van der Waals surface area contributed by atoms with Crippen LogP contribution < -0.4 is 5.32 Å². The lowest BCUT2D eigenvalue weighted by atomic mass is 10.1. The molecule has 2 rings (SSSR count). The molecule has 0 bridgehead atoms. The second kappa shape index (κ2) is 5.83. The number of halogens is 2. The number of benzene rings is 1. The lowest BCUT2D eigenvalue weighted by molar-refractivity contribution is 0.0947. The quantitative estimate of drug-likeness (QED) is 0.851. The Morgan fingerprint density at radius 2 is 2.28 bits per heavy atom. The van der Waals surface area contributed by atoms with Crippen LogP contribution in [0.5, 0.6) is 0 Å². The molecular weight excluding hydrogens is 297 g/mol. The number of carbonyl (C=O) groups is 1. The summed E-state index contributed by atoms with van der Waals surface area (Å²) in [5, 5.41) is 2.88. The molecule has 1 aliphatic carbocycles. The van der Waals surface area contributed by atoms with Gasteiger partial charge in [0.1, 0.15) is 5.82 Å². The fourth-order valence-corrected chi connectivity index (χ4v) is 3.06. The Labute approximate surface area is 115 Å². The molecule has 1 saturated carbocycles. The maximum atomic E-state index is 13.4. The Balaban J connectivity index is 1.93. The Bertz CT molecular complexity index is 449. The van der Waals surface area contributed by atoms with Crippen LogP contribution in [0.3, 0.4) is 0 Å². The van der Waals surface area contributed by atoms with E-state index < -0.39 is 0 Å². The SMILES string of the molecule is Cc1ccc(C(=O)NCC2CCCC2Br)cc1F. The molecule has 98 valence electrons. The fourth-order valence-electron chi connectivity index (χ4n) is 2.28. The van der Waals surface area contributed by atoms with Gasteiger partial charge >= 0.3 is 0 Å². The summed E-state index contributed by atoms with van der Waals surface area (Å²) in [6.45, 7) is 2.34. The molecule has 2 nitrogen and oxygen atoms in total. The van der Waals surface area contributed by atoms with Crippen molar-refractivity contribution in [3.63, 3.8) is 0 Å². The van der Waals surface area contributed by atoms with Gasteiger partial charge in [-0.15, -0.1) is 0 Å². The predicted octanol–water partition coefficient (Wildman–Crippen LogP) is 3.43. The van der Waals surface area contributed by atoms with Gasteiger partial charge in [-0.2, -0.15) is 0 Å². The molecule has 0 aromatic heterocycles. The van der Waals surface area contributed by atoms with Crippen LogP contribution >= 0.6 is 15.9 Å². The summed E-state index contributed by atoms with van der Waals surface area (Å²) < 4.78 is 13.4. The molecule has 1 aromatic carbocycles. The third-order valence-electron chi connectivity index (χ3n) is 3.53. The van der Waals surface area contributed by atoms with Crippen LogP contribution in [-0.2, 0) is 0 Å². The minimum absolute atomic E-state index is 0.194. The Kier molecular flexibility index (Phi) is 4.38. The molecule has 1 aliphatic rings. The van der Waals surface area contributed by atoms with Gasteiger partial charge in [-0.05, 0) is 43.4 Å². The Morgan fingerprint density at radius 3 is 2.89 bits per heavy atom. The standard InChI is InChI=1S/C14H17BrFNO/c1-9-5-6-10(7-13(9)16)14(18)17-8-11-3-2-4-12(11)15/h5-7,11-12H,2-4,8H2,1H3,(H,17,18). The van der Waals surface area contributed by atoms with Crippen LogP contribution in [0.25, 0.3) is 0 Å². The summed E-state index contributed by atoms with van der Waals surface area (Å²) in [7, 11) is 0. The number of rotatable bonds is 3. The van der Waals surface area contributed by atoms with Gasteiger partial charge in [0.15, 0.2) is 0 Å². The minimum Gasteiger partial charge on any atom is -0.352 e. The normalized spacial score (nSPS) is 23.1. The molecule has 1 aromatic rings. The van der Waals surface area contributed by atoms with Crippen molar-refractivity contribution in [2.75, 3.05) is 6.54 Å². The molecular formula is C14H17BrFNO. The second-order valence-electron chi connectivity index (χ2n) is 4.88. The number of hydrogen-bond acceptors (Lipinski definition) is 1. The highest BCUT2D eigenvalue weighted by molar-refractivity contribution is 9.09. The molecule has 18 heavy (non-hydrogen) atoms. The summed E-state index contributed by atoms with van der Waals surface area (Å²) >= 11 is 3.62. The highest BCUT2D eigenvalue weighted by atomic mass is 79.9. The lowest BCUT2D eigenvalue weighted by Crippen LogP contribution is -2.31. The van der Waals surface area contributed by atoms with E-state index in [4.69, 9.17) is 0 Å². The maximum absolute atomic E-state index is 13.4. The number of hydrogen-bond donors (Lipinski definition) is 1. The molecule has 1 N–H and O–H groups in total. The average Bonchev–Trinajstić information content (AvgIpc) is 2.75. The van der Waals surface area contributed by atoms with E-state index in [0.29, 0.717) is 28.4 Å². The van der Waals surface area contributed by atoms with Gasteiger partial charge in [0, 0.05) is 16.9 Å². The third-order valence-corrected chi connectivity index (χ3v) is 4.73. The van der Waals surface area contributed by atoms with Crippen molar-refractivity contribution < 1.29 is 9.18 Å². The van der Waals surface area contributed by atoms with Crippen LogP contribution in [-0.4, -0.2) is 17.3 Å². The van der Waals surface area contributed by atoms with Gasteiger partial charge in [0.2, 0.25) is 0 Å². The molecule has 2 atom stereocenters. The van der Waals surface area contributed by atoms with Crippen molar-refractivity contribution >= 4 is 21.8 Å². The third kappa shape index (κ3) is 3.10. The summed E-state index contributed by atoms with van der Waals surface area (Å²) in [4.78, 5) is 12.4. The van der Waals surface area contributed by atoms with Crippen molar-refractivity contribution in [2.24, 2.45) is 5.92 Å². The first-order valence-electron chi connectivity index (χ1n) is 6.26. The number of carbonyl (C=O) groups excluding carboxylic acids is 1. The number of alkyl halides is 1. The largest absolute Gasteiger partial charge is 0.352 e. The number of aryl methyl sites for hydroxylation is 1. The molecule has 4 heteroatoms. The van der Waals surface area contributed by atoms with Gasteiger partial charge in [-0.1, -0.05) is 28.4 Å². The Hall–Kier alpha value is -0.900. The first-order chi connectivity index (χ1) is 8.58. The zero-order valence-corrected chi connectivity index (χ0v) is 12.0. The van der Waals surface area contributed by atoms with Crippen LogP contribution in [0, 0.1) is 18.7 Å². The number of amides is 1. The first-order valence-corrected chi connectivity index (χ1v) is 7.18. The molecule has 2 unspecified atom stereocenters. The molecule has 1 amide bonds. The topological polar surface area (TPSA) is 29.1 Å². The smallest absolute Gasteiger partial charge is 0.251 e. The molecule has 0 spiro atoms. The van der Waals surface area contributed by atoms with Crippen LogP contribution in [0.1, 0.15) is 35.2 Å². The van der Waals surface area contributed by atoms with Gasteiger partial charge in [0.05, 0.1) is 0 Å². The second-order valence-corrected chi connectivity index (χ2v) is 6.06. The maximum Gasteiger partial charge on any atom is 0.251 e. The van der Waals surface area contributed by atoms with E-state index in [2.05, 4.69) is 21.2 Å². The zero-order valence-electron chi connectivity index (χ0n) is 10.4. The van der Waals surface area contributed by atoms with Crippen LogP contribution in [0.4, 0.5) is 4.39 Å². The van der Waals surface area contributed by atoms with Crippen LogP contribution in [0.2, 0.25) is 0 Å². The van der Waals surface area contributed by atoms with E-state index in [1.165, 1.54) is 18.9 Å². The highest BCUT2D eigenvalue weighted by Crippen LogP contribution is 2.30. The molecule has 0 heterocycles. The highest BCUT2D eigenvalue weighted by Gasteiger charge is 2.25. The number of nitrogens with one attached hydrogen (secondary N) is 1. The predicted molar refractivity (Wildman–Crippen MR) is 73.5 cm³/mol. The molecule has 0 radical (unpaired) electrons. The van der Waals surface area contributed by atoms with Gasteiger partial charge in [0.25, 0.3) is 5.91 Å². The summed E-state index contributed by atoms with van der Waals surface area (Å²) in [5.41, 5.74) is 0.949. The van der Waals surface area contributed by atoms with E-state index in [0.717, 1.165) is 6.42 Å². The van der Waals surface area contributed by atoms with Gasteiger partial charge in [-0.25, -0.2) is 4.39 Å². The first kappa shape index (κ1) is 13.5. The van der Waals surface area contributed by atoms with Crippen molar-refractivity contribution in [1.29, 1.82) is 0 Å². The fraction of sp³-hybridized carbons (Fsp3) is 0.500. The summed E-state index contributed by atoms with van der Waals surface area (Å²) in [5.74, 6) is -0.0355.